The van der Waals surface area contributed by atoms with E-state index in [-0.39, 0.29) is 0 Å². The molecule has 0 fully saturated rings. The van der Waals surface area contributed by atoms with Gasteiger partial charge in [-0.1, -0.05) is 24.9 Å². The van der Waals surface area contributed by atoms with Gasteiger partial charge in [-0.15, -0.1) is 0 Å². The highest BCUT2D eigenvalue weighted by Gasteiger charge is 2.29. The van der Waals surface area contributed by atoms with Gasteiger partial charge in [-0.05, 0) is 27.4 Å². The fraction of sp³-hybridized carbons (Fsp3) is 0.750. The van der Waals surface area contributed by atoms with Crippen molar-refractivity contribution in [3.05, 3.63) is 16.9 Å². The molecule has 0 aliphatic rings. The van der Waals surface area contributed by atoms with Crippen LogP contribution < -0.4 is 0 Å². The lowest BCUT2D eigenvalue weighted by molar-refractivity contribution is 0.0372. The summed E-state index contributed by atoms with van der Waals surface area (Å²) in [4.78, 5) is 2.08. The summed E-state index contributed by atoms with van der Waals surface area (Å²) in [7, 11) is 4.02. The van der Waals surface area contributed by atoms with Crippen molar-refractivity contribution >= 4 is 11.6 Å². The van der Waals surface area contributed by atoms with Gasteiger partial charge in [-0.3, -0.25) is 4.68 Å². The molecule has 0 saturated carbocycles. The van der Waals surface area contributed by atoms with E-state index >= 15 is 0 Å². The van der Waals surface area contributed by atoms with Crippen molar-refractivity contribution in [3.63, 3.8) is 0 Å². The molecule has 1 unspecified atom stereocenters. The van der Waals surface area contributed by atoms with E-state index in [9.17, 15) is 5.11 Å². The van der Waals surface area contributed by atoms with E-state index in [4.69, 9.17) is 11.6 Å². The van der Waals surface area contributed by atoms with Gasteiger partial charge in [0, 0.05) is 6.54 Å². The Labute approximate surface area is 108 Å². The molecule has 0 saturated heterocycles. The normalized spacial score (nSPS) is 15.2. The van der Waals surface area contributed by atoms with Crippen LogP contribution in [0, 0.1) is 0 Å². The first-order valence-electron chi connectivity index (χ1n) is 5.97. The first kappa shape index (κ1) is 14.5. The molecule has 1 aromatic heterocycles. The van der Waals surface area contributed by atoms with Crippen LogP contribution in [0.4, 0.5) is 0 Å². The van der Waals surface area contributed by atoms with E-state index in [2.05, 4.69) is 10.00 Å². The molecular weight excluding hydrogens is 238 g/mol. The highest BCUT2D eigenvalue weighted by molar-refractivity contribution is 6.31. The molecule has 4 nitrogen and oxygen atoms in total. The van der Waals surface area contributed by atoms with Gasteiger partial charge >= 0.3 is 0 Å². The molecule has 1 N–H and O–H groups in total. The summed E-state index contributed by atoms with van der Waals surface area (Å²) < 4.78 is 1.80. The second-order valence-corrected chi connectivity index (χ2v) is 5.30. The van der Waals surface area contributed by atoms with E-state index in [0.29, 0.717) is 11.4 Å². The monoisotopic (exact) mass is 259 g/mol. The summed E-state index contributed by atoms with van der Waals surface area (Å²) in [6, 6.07) is 0. The van der Waals surface area contributed by atoms with Crippen LogP contribution in [0.15, 0.2) is 6.20 Å². The van der Waals surface area contributed by atoms with Crippen molar-refractivity contribution in [2.45, 2.75) is 38.8 Å². The topological polar surface area (TPSA) is 41.3 Å². The van der Waals surface area contributed by atoms with Crippen LogP contribution >= 0.6 is 11.6 Å². The summed E-state index contributed by atoms with van der Waals surface area (Å²) in [5.41, 5.74) is -0.183. The van der Waals surface area contributed by atoms with Crippen molar-refractivity contribution in [2.75, 3.05) is 20.6 Å². The molecule has 0 aliphatic carbocycles. The van der Waals surface area contributed by atoms with Crippen LogP contribution in [0.5, 0.6) is 0 Å². The van der Waals surface area contributed by atoms with E-state index in [0.717, 1.165) is 25.2 Å². The van der Waals surface area contributed by atoms with Crippen molar-refractivity contribution in [3.8, 4) is 0 Å². The summed E-state index contributed by atoms with van der Waals surface area (Å²) in [5, 5.41) is 15.2. The van der Waals surface area contributed by atoms with Gasteiger partial charge < -0.3 is 10.0 Å². The number of aromatic nitrogens is 2. The third kappa shape index (κ3) is 3.69. The maximum Gasteiger partial charge on any atom is 0.105 e. The lowest BCUT2D eigenvalue weighted by Crippen LogP contribution is -2.28. The summed E-state index contributed by atoms with van der Waals surface area (Å²) in [5.74, 6) is 0. The lowest BCUT2D eigenvalue weighted by Gasteiger charge is -2.25. The largest absolute Gasteiger partial charge is 0.384 e. The molecule has 1 aromatic rings. The Bertz CT molecular complexity index is 361. The Hall–Kier alpha value is -0.580. The average molecular weight is 260 g/mol. The van der Waals surface area contributed by atoms with Crippen LogP contribution in [0.3, 0.4) is 0 Å². The predicted molar refractivity (Wildman–Crippen MR) is 70.3 cm³/mol. The molecule has 1 heterocycles. The van der Waals surface area contributed by atoms with Gasteiger partial charge in [-0.2, -0.15) is 5.10 Å². The predicted octanol–water partition coefficient (Wildman–Crippen LogP) is 2.11. The second-order valence-electron chi connectivity index (χ2n) is 4.89. The number of likely N-dealkylation sites (N-methyl/N-ethyl adjacent to an activating group) is 1. The minimum atomic E-state index is -0.908. The van der Waals surface area contributed by atoms with E-state index < -0.39 is 5.60 Å². The van der Waals surface area contributed by atoms with Gasteiger partial charge in [0.2, 0.25) is 0 Å². The fourth-order valence-corrected chi connectivity index (χ4v) is 2.31. The molecule has 17 heavy (non-hydrogen) atoms. The first-order valence-corrected chi connectivity index (χ1v) is 6.35. The van der Waals surface area contributed by atoms with Crippen molar-refractivity contribution < 1.29 is 5.11 Å². The van der Waals surface area contributed by atoms with Gasteiger partial charge in [0.05, 0.1) is 23.5 Å². The van der Waals surface area contributed by atoms with Crippen LogP contribution in [-0.4, -0.2) is 40.4 Å². The third-order valence-electron chi connectivity index (χ3n) is 2.80. The summed E-state index contributed by atoms with van der Waals surface area (Å²) in [6.07, 6.45) is 3.19. The van der Waals surface area contributed by atoms with E-state index in [1.807, 2.05) is 21.0 Å². The Morgan fingerprint density at radius 2 is 2.18 bits per heavy atom. The average Bonchev–Trinajstić information content (AvgIpc) is 2.57. The fourth-order valence-electron chi connectivity index (χ4n) is 1.97. The second kappa shape index (κ2) is 5.85. The summed E-state index contributed by atoms with van der Waals surface area (Å²) in [6.45, 7) is 5.44. The molecule has 98 valence electrons. The number of aliphatic hydroxyl groups is 1. The zero-order valence-electron chi connectivity index (χ0n) is 11.1. The SMILES string of the molecule is CCCC(C)(O)c1c(Cl)cnn1CCN(C)C. The van der Waals surface area contributed by atoms with Crippen molar-refractivity contribution in [2.24, 2.45) is 0 Å². The quantitative estimate of drug-likeness (QED) is 0.851. The van der Waals surface area contributed by atoms with Gasteiger partial charge in [0.1, 0.15) is 5.60 Å². The van der Waals surface area contributed by atoms with Crippen LogP contribution in [0.1, 0.15) is 32.4 Å². The van der Waals surface area contributed by atoms with Crippen molar-refractivity contribution in [1.29, 1.82) is 0 Å². The zero-order valence-corrected chi connectivity index (χ0v) is 11.8. The maximum atomic E-state index is 10.4. The number of rotatable bonds is 6. The molecule has 5 heteroatoms. The highest BCUT2D eigenvalue weighted by atomic mass is 35.5. The molecule has 0 aromatic carbocycles. The molecule has 0 bridgehead atoms. The zero-order chi connectivity index (χ0) is 13.1. The van der Waals surface area contributed by atoms with Crippen LogP contribution in [0.25, 0.3) is 0 Å². The molecule has 0 amide bonds. The smallest absolute Gasteiger partial charge is 0.105 e. The molecule has 0 spiro atoms. The lowest BCUT2D eigenvalue weighted by atomic mass is 9.96. The standard InChI is InChI=1S/C12H22ClN3O/c1-5-6-12(2,17)11-10(13)9-14-16(11)8-7-15(3)4/h9,17H,5-8H2,1-4H3. The Kier molecular flexibility index (Phi) is 4.98. The van der Waals surface area contributed by atoms with Crippen LogP contribution in [-0.2, 0) is 12.1 Å². The highest BCUT2D eigenvalue weighted by Crippen LogP contribution is 2.31. The van der Waals surface area contributed by atoms with E-state index in [1.165, 1.54) is 0 Å². The third-order valence-corrected chi connectivity index (χ3v) is 3.08. The van der Waals surface area contributed by atoms with Gasteiger partial charge in [0.15, 0.2) is 0 Å². The number of nitrogens with zero attached hydrogens (tertiary/aromatic N) is 3. The molecule has 0 aliphatic heterocycles. The Morgan fingerprint density at radius 1 is 1.53 bits per heavy atom. The molecule has 1 atom stereocenters. The van der Waals surface area contributed by atoms with Crippen LogP contribution in [0.2, 0.25) is 5.02 Å². The van der Waals surface area contributed by atoms with Crippen molar-refractivity contribution in [1.82, 2.24) is 14.7 Å². The molecule has 0 radical (unpaired) electrons. The van der Waals surface area contributed by atoms with E-state index in [1.54, 1.807) is 17.8 Å². The maximum absolute atomic E-state index is 10.4. The number of hydrogen-bond acceptors (Lipinski definition) is 3. The minimum Gasteiger partial charge on any atom is -0.384 e. The Morgan fingerprint density at radius 3 is 2.71 bits per heavy atom. The summed E-state index contributed by atoms with van der Waals surface area (Å²) >= 11 is 6.12. The number of hydrogen-bond donors (Lipinski definition) is 1. The van der Waals surface area contributed by atoms with Gasteiger partial charge in [0.25, 0.3) is 0 Å². The number of halogens is 1. The molecular formula is C12H22ClN3O. The van der Waals surface area contributed by atoms with Gasteiger partial charge in [-0.25, -0.2) is 0 Å². The minimum absolute atomic E-state index is 0.544. The molecule has 1 rings (SSSR count). The Balaban J connectivity index is 2.93. The first-order chi connectivity index (χ1) is 7.88.